The fourth-order valence-corrected chi connectivity index (χ4v) is 3.44. The Morgan fingerprint density at radius 2 is 1.57 bits per heavy atom. The molecule has 0 fully saturated rings. The lowest BCUT2D eigenvalue weighted by molar-refractivity contribution is -0.132. The summed E-state index contributed by atoms with van der Waals surface area (Å²) in [5.41, 5.74) is 3.62. The first-order valence-corrected chi connectivity index (χ1v) is 10.2. The number of ether oxygens (including phenoxy) is 2. The molecule has 0 aliphatic rings. The van der Waals surface area contributed by atoms with Gasteiger partial charge in [-0.15, -0.1) is 0 Å². The van der Waals surface area contributed by atoms with E-state index in [1.54, 1.807) is 6.07 Å². The van der Waals surface area contributed by atoms with Crippen molar-refractivity contribution in [1.29, 1.82) is 0 Å². The van der Waals surface area contributed by atoms with Gasteiger partial charge in [-0.3, -0.25) is 19.0 Å². The Labute approximate surface area is 202 Å². The van der Waals surface area contributed by atoms with Gasteiger partial charge in [-0.2, -0.15) is 0 Å². The van der Waals surface area contributed by atoms with E-state index < -0.39 is 40.8 Å². The van der Waals surface area contributed by atoms with E-state index in [1.807, 2.05) is 0 Å². The molecule has 182 valence electrons. The van der Waals surface area contributed by atoms with Crippen molar-refractivity contribution in [2.45, 2.75) is 13.8 Å². The second-order valence-corrected chi connectivity index (χ2v) is 7.60. The number of nitrogens with zero attached hydrogens (tertiary/aromatic N) is 3. The van der Waals surface area contributed by atoms with Crippen LogP contribution in [0.15, 0.2) is 52.1 Å². The lowest BCUT2D eigenvalue weighted by Crippen LogP contribution is -2.43. The zero-order valence-electron chi connectivity index (χ0n) is 18.6. The molecule has 0 aliphatic heterocycles. The highest BCUT2D eigenvalue weighted by Gasteiger charge is 2.28. The lowest BCUT2D eigenvalue weighted by atomic mass is 10.2. The number of rotatable bonds is 5. The molecule has 3 rings (SSSR count). The summed E-state index contributed by atoms with van der Waals surface area (Å²) in [5, 5.41) is 10.3. The average Bonchev–Trinajstić information content (AvgIpc) is 2.74. The number of nitrogens with two attached hydrogens (primary N) is 1. The van der Waals surface area contributed by atoms with Crippen molar-refractivity contribution >= 4 is 46.8 Å². The Morgan fingerprint density at radius 1 is 1.00 bits per heavy atom. The summed E-state index contributed by atoms with van der Waals surface area (Å²) >= 11 is 6.02. The SMILES string of the molecule is CC(=O)Oc1cc(OC(C)=O)cc(N(C(=O)O)c2c(N)n(-c3cccc(Cl)c3)c(=O)n(C)c2=O)c1. The zero-order valence-corrected chi connectivity index (χ0v) is 19.4. The van der Waals surface area contributed by atoms with Crippen LogP contribution in [0.3, 0.4) is 0 Å². The molecule has 0 saturated heterocycles. The minimum atomic E-state index is -1.67. The highest BCUT2D eigenvalue weighted by Crippen LogP contribution is 2.34. The third kappa shape index (κ3) is 5.17. The fraction of sp³-hybridized carbons (Fsp3) is 0.136. The van der Waals surface area contributed by atoms with Gasteiger partial charge in [-0.25, -0.2) is 19.1 Å². The summed E-state index contributed by atoms with van der Waals surface area (Å²) in [6, 6.07) is 9.40. The van der Waals surface area contributed by atoms with Gasteiger partial charge in [0.2, 0.25) is 0 Å². The first kappa shape index (κ1) is 25.1. The zero-order chi connectivity index (χ0) is 26.0. The summed E-state index contributed by atoms with van der Waals surface area (Å²) < 4.78 is 11.6. The second-order valence-electron chi connectivity index (χ2n) is 7.16. The molecule has 1 amide bonds. The van der Waals surface area contributed by atoms with Gasteiger partial charge in [-0.1, -0.05) is 17.7 Å². The molecular weight excluding hydrogens is 484 g/mol. The fourth-order valence-electron chi connectivity index (χ4n) is 3.26. The van der Waals surface area contributed by atoms with E-state index in [2.05, 4.69) is 0 Å². The maximum Gasteiger partial charge on any atom is 0.416 e. The monoisotopic (exact) mass is 502 g/mol. The van der Waals surface area contributed by atoms with Crippen LogP contribution in [0.4, 0.5) is 22.0 Å². The van der Waals surface area contributed by atoms with Crippen LogP contribution in [0.5, 0.6) is 11.5 Å². The Morgan fingerprint density at radius 3 is 2.06 bits per heavy atom. The number of nitrogen functional groups attached to an aromatic ring is 1. The van der Waals surface area contributed by atoms with Gasteiger partial charge in [0.15, 0.2) is 5.69 Å². The number of hydrogen-bond acceptors (Lipinski definition) is 8. The Hall–Kier alpha value is -4.58. The number of hydrogen-bond donors (Lipinski definition) is 2. The second kappa shape index (κ2) is 9.73. The van der Waals surface area contributed by atoms with Crippen LogP contribution >= 0.6 is 11.6 Å². The van der Waals surface area contributed by atoms with Crippen LogP contribution in [-0.4, -0.2) is 32.3 Å². The van der Waals surface area contributed by atoms with Crippen LogP contribution in [-0.2, 0) is 16.6 Å². The topological polar surface area (TPSA) is 163 Å². The molecule has 1 heterocycles. The van der Waals surface area contributed by atoms with Crippen LogP contribution < -0.4 is 31.4 Å². The molecule has 2 aromatic carbocycles. The molecule has 0 saturated carbocycles. The molecule has 3 aromatic rings. The Bertz CT molecular complexity index is 1440. The van der Waals surface area contributed by atoms with E-state index in [0.717, 1.165) is 37.6 Å². The number of carbonyl (C=O) groups excluding carboxylic acids is 2. The van der Waals surface area contributed by atoms with Crippen LogP contribution in [0.25, 0.3) is 5.69 Å². The molecule has 0 radical (unpaired) electrons. The summed E-state index contributed by atoms with van der Waals surface area (Å²) in [5.74, 6) is -2.31. The van der Waals surface area contributed by atoms with Gasteiger partial charge in [-0.05, 0) is 18.2 Å². The maximum atomic E-state index is 13.1. The number of anilines is 3. The predicted octanol–water partition coefficient (Wildman–Crippen LogP) is 2.44. The van der Waals surface area contributed by atoms with E-state index in [1.165, 1.54) is 24.3 Å². The summed E-state index contributed by atoms with van der Waals surface area (Å²) in [7, 11) is 1.15. The molecule has 0 atom stereocenters. The highest BCUT2D eigenvalue weighted by molar-refractivity contribution is 6.30. The van der Waals surface area contributed by atoms with Crippen molar-refractivity contribution in [3.05, 3.63) is 68.3 Å². The minimum Gasteiger partial charge on any atom is -0.464 e. The summed E-state index contributed by atoms with van der Waals surface area (Å²) in [4.78, 5) is 61.7. The van der Waals surface area contributed by atoms with E-state index in [0.29, 0.717) is 9.47 Å². The number of carboxylic acid groups (broad SMARTS) is 1. The van der Waals surface area contributed by atoms with Crippen molar-refractivity contribution < 1.29 is 29.0 Å². The van der Waals surface area contributed by atoms with E-state index >= 15 is 0 Å². The number of aromatic nitrogens is 2. The number of halogens is 1. The molecule has 0 unspecified atom stereocenters. The highest BCUT2D eigenvalue weighted by atomic mass is 35.5. The third-order valence-electron chi connectivity index (χ3n) is 4.60. The molecule has 13 heteroatoms. The lowest BCUT2D eigenvalue weighted by Gasteiger charge is -2.24. The number of amides is 1. The van der Waals surface area contributed by atoms with Gasteiger partial charge >= 0.3 is 23.7 Å². The van der Waals surface area contributed by atoms with Crippen molar-refractivity contribution in [3.63, 3.8) is 0 Å². The standard InChI is InChI=1S/C22H19ClN4O8/c1-11(28)34-16-8-15(9-17(10-16)35-12(2)29)26(22(32)33)18-19(24)27(21(31)25(3)20(18)30)14-6-4-5-13(23)7-14/h4-10H,24H2,1-3H3,(H,32,33). The molecule has 0 spiro atoms. The molecule has 12 nitrogen and oxygen atoms in total. The predicted molar refractivity (Wildman–Crippen MR) is 126 cm³/mol. The van der Waals surface area contributed by atoms with Crippen molar-refractivity contribution in [2.75, 3.05) is 10.6 Å². The molecule has 0 bridgehead atoms. The van der Waals surface area contributed by atoms with Gasteiger partial charge in [0.25, 0.3) is 5.56 Å². The van der Waals surface area contributed by atoms with E-state index in [4.69, 9.17) is 26.8 Å². The Kier molecular flexibility index (Phi) is 6.96. The van der Waals surface area contributed by atoms with Gasteiger partial charge in [0, 0.05) is 44.1 Å². The molecule has 3 N–H and O–H groups in total. The first-order valence-electron chi connectivity index (χ1n) is 9.83. The largest absolute Gasteiger partial charge is 0.464 e. The third-order valence-corrected chi connectivity index (χ3v) is 4.83. The molecule has 0 aliphatic carbocycles. The first-order chi connectivity index (χ1) is 16.4. The molecule has 35 heavy (non-hydrogen) atoms. The van der Waals surface area contributed by atoms with Crippen LogP contribution in [0.2, 0.25) is 5.02 Å². The molecular formula is C22H19ClN4O8. The summed E-state index contributed by atoms with van der Waals surface area (Å²) in [6.07, 6.45) is -1.67. The smallest absolute Gasteiger partial charge is 0.416 e. The quantitative estimate of drug-likeness (QED) is 0.394. The van der Waals surface area contributed by atoms with Gasteiger partial charge in [0.05, 0.1) is 11.4 Å². The number of esters is 2. The Balaban J connectivity index is 2.36. The maximum absolute atomic E-state index is 13.1. The normalized spacial score (nSPS) is 10.5. The van der Waals surface area contributed by atoms with E-state index in [9.17, 15) is 29.1 Å². The van der Waals surface area contributed by atoms with Gasteiger partial charge < -0.3 is 20.3 Å². The van der Waals surface area contributed by atoms with Crippen molar-refractivity contribution in [2.24, 2.45) is 7.05 Å². The van der Waals surface area contributed by atoms with Crippen LogP contribution in [0.1, 0.15) is 13.8 Å². The average molecular weight is 503 g/mol. The van der Waals surface area contributed by atoms with Crippen molar-refractivity contribution in [1.82, 2.24) is 9.13 Å². The minimum absolute atomic E-state index is 0.170. The number of benzene rings is 2. The van der Waals surface area contributed by atoms with E-state index in [-0.39, 0.29) is 27.9 Å². The van der Waals surface area contributed by atoms with Crippen LogP contribution in [0, 0.1) is 0 Å². The molecule has 1 aromatic heterocycles. The van der Waals surface area contributed by atoms with Gasteiger partial charge in [0.1, 0.15) is 17.3 Å². The number of carbonyl (C=O) groups is 3. The summed E-state index contributed by atoms with van der Waals surface area (Å²) in [6.45, 7) is 2.23. The van der Waals surface area contributed by atoms with Crippen molar-refractivity contribution in [3.8, 4) is 17.2 Å².